The predicted molar refractivity (Wildman–Crippen MR) is 86.4 cm³/mol. The molecule has 0 radical (unpaired) electrons. The van der Waals surface area contributed by atoms with E-state index in [0.717, 1.165) is 11.1 Å². The summed E-state index contributed by atoms with van der Waals surface area (Å²) in [6.07, 6.45) is 0.962. The molecule has 0 bridgehead atoms. The van der Waals surface area contributed by atoms with Gasteiger partial charge >= 0.3 is 0 Å². The number of hydrogen-bond acceptors (Lipinski definition) is 4. The molecule has 1 amide bonds. The SMILES string of the molecule is CC(O)(CNC(=O)CCc1ccc(C#N)cc1)c1ccsc1. The van der Waals surface area contributed by atoms with Crippen LogP contribution in [-0.2, 0) is 16.8 Å². The molecular weight excluding hydrogens is 296 g/mol. The van der Waals surface area contributed by atoms with Crippen LogP contribution in [0.5, 0.6) is 0 Å². The van der Waals surface area contributed by atoms with E-state index in [1.54, 1.807) is 19.1 Å². The van der Waals surface area contributed by atoms with Crippen molar-refractivity contribution in [2.24, 2.45) is 0 Å². The van der Waals surface area contributed by atoms with E-state index in [4.69, 9.17) is 5.26 Å². The minimum absolute atomic E-state index is 0.0973. The van der Waals surface area contributed by atoms with Crippen LogP contribution < -0.4 is 5.32 Å². The molecule has 114 valence electrons. The summed E-state index contributed by atoms with van der Waals surface area (Å²) >= 11 is 1.52. The number of carbonyl (C=O) groups excluding carboxylic acids is 1. The number of amides is 1. The second-order valence-corrected chi connectivity index (χ2v) is 6.15. The summed E-state index contributed by atoms with van der Waals surface area (Å²) < 4.78 is 0. The van der Waals surface area contributed by atoms with Gasteiger partial charge in [-0.3, -0.25) is 4.79 Å². The summed E-state index contributed by atoms with van der Waals surface area (Å²) in [5.74, 6) is -0.0973. The summed E-state index contributed by atoms with van der Waals surface area (Å²) in [4.78, 5) is 11.9. The third-order valence-electron chi connectivity index (χ3n) is 3.50. The second-order valence-electron chi connectivity index (χ2n) is 5.37. The number of aliphatic hydroxyl groups is 1. The van der Waals surface area contributed by atoms with E-state index in [1.807, 2.05) is 29.0 Å². The highest BCUT2D eigenvalue weighted by atomic mass is 32.1. The first-order chi connectivity index (χ1) is 10.5. The molecule has 1 unspecified atom stereocenters. The maximum atomic E-state index is 11.9. The summed E-state index contributed by atoms with van der Waals surface area (Å²) in [6, 6.07) is 11.1. The number of benzene rings is 1. The van der Waals surface area contributed by atoms with Gasteiger partial charge in [0.2, 0.25) is 5.91 Å². The first-order valence-corrected chi connectivity index (χ1v) is 7.96. The highest BCUT2D eigenvalue weighted by Gasteiger charge is 2.23. The van der Waals surface area contributed by atoms with Crippen LogP contribution in [-0.4, -0.2) is 17.6 Å². The molecule has 1 atom stereocenters. The number of rotatable bonds is 6. The van der Waals surface area contributed by atoms with Gasteiger partial charge in [-0.15, -0.1) is 0 Å². The molecule has 1 aromatic carbocycles. The first-order valence-electron chi connectivity index (χ1n) is 7.02. The van der Waals surface area contributed by atoms with Gasteiger partial charge in [-0.1, -0.05) is 12.1 Å². The van der Waals surface area contributed by atoms with E-state index in [0.29, 0.717) is 18.4 Å². The van der Waals surface area contributed by atoms with E-state index in [1.165, 1.54) is 11.3 Å². The first kappa shape index (κ1) is 16.2. The monoisotopic (exact) mass is 314 g/mol. The molecule has 2 aromatic rings. The Morgan fingerprint density at radius 1 is 1.36 bits per heavy atom. The van der Waals surface area contributed by atoms with E-state index in [2.05, 4.69) is 11.4 Å². The minimum atomic E-state index is -1.05. The second kappa shape index (κ2) is 7.21. The largest absolute Gasteiger partial charge is 0.384 e. The quantitative estimate of drug-likeness (QED) is 0.860. The highest BCUT2D eigenvalue weighted by Crippen LogP contribution is 2.22. The molecule has 1 heterocycles. The molecule has 0 saturated heterocycles. The average molecular weight is 314 g/mol. The Balaban J connectivity index is 1.79. The van der Waals surface area contributed by atoms with Crippen LogP contribution in [0, 0.1) is 11.3 Å². The van der Waals surface area contributed by atoms with Crippen LogP contribution in [0.3, 0.4) is 0 Å². The molecular formula is C17H18N2O2S. The van der Waals surface area contributed by atoms with Crippen molar-refractivity contribution in [3.63, 3.8) is 0 Å². The highest BCUT2D eigenvalue weighted by molar-refractivity contribution is 7.08. The normalized spacial score (nSPS) is 13.1. The fourth-order valence-corrected chi connectivity index (χ4v) is 2.82. The van der Waals surface area contributed by atoms with Crippen molar-refractivity contribution in [1.29, 1.82) is 5.26 Å². The fourth-order valence-electron chi connectivity index (χ4n) is 2.04. The van der Waals surface area contributed by atoms with E-state index >= 15 is 0 Å². The molecule has 0 aliphatic rings. The average Bonchev–Trinajstić information content (AvgIpc) is 3.07. The number of nitrogens with one attached hydrogen (secondary N) is 1. The van der Waals surface area contributed by atoms with Crippen LogP contribution in [0.25, 0.3) is 0 Å². The predicted octanol–water partition coefficient (Wildman–Crippen LogP) is 2.58. The molecule has 1 aromatic heterocycles. The van der Waals surface area contributed by atoms with Crippen molar-refractivity contribution < 1.29 is 9.90 Å². The molecule has 22 heavy (non-hydrogen) atoms. The van der Waals surface area contributed by atoms with Crippen molar-refractivity contribution in [1.82, 2.24) is 5.32 Å². The van der Waals surface area contributed by atoms with Crippen LogP contribution in [0.4, 0.5) is 0 Å². The smallest absolute Gasteiger partial charge is 0.220 e. The van der Waals surface area contributed by atoms with Gasteiger partial charge in [-0.2, -0.15) is 16.6 Å². The molecule has 2 N–H and O–H groups in total. The van der Waals surface area contributed by atoms with Crippen molar-refractivity contribution in [3.05, 3.63) is 57.8 Å². The van der Waals surface area contributed by atoms with Gasteiger partial charge in [0.1, 0.15) is 5.60 Å². The lowest BCUT2D eigenvalue weighted by atomic mass is 9.99. The number of hydrogen-bond donors (Lipinski definition) is 2. The van der Waals surface area contributed by atoms with Crippen molar-refractivity contribution in [2.45, 2.75) is 25.4 Å². The number of aryl methyl sites for hydroxylation is 1. The van der Waals surface area contributed by atoms with Crippen molar-refractivity contribution in [2.75, 3.05) is 6.54 Å². The summed E-state index contributed by atoms with van der Waals surface area (Å²) in [5, 5.41) is 25.6. The van der Waals surface area contributed by atoms with Crippen LogP contribution in [0.15, 0.2) is 41.1 Å². The number of nitrogens with zero attached hydrogens (tertiary/aromatic N) is 1. The lowest BCUT2D eigenvalue weighted by Gasteiger charge is -2.22. The molecule has 0 fully saturated rings. The molecule has 0 spiro atoms. The zero-order valence-electron chi connectivity index (χ0n) is 12.4. The lowest BCUT2D eigenvalue weighted by molar-refractivity contribution is -0.122. The lowest BCUT2D eigenvalue weighted by Crippen LogP contribution is -2.38. The number of nitriles is 1. The maximum absolute atomic E-state index is 11.9. The summed E-state index contributed by atoms with van der Waals surface area (Å²) in [5.41, 5.74) is 1.38. The number of thiophene rings is 1. The van der Waals surface area contributed by atoms with Gasteiger partial charge in [0.25, 0.3) is 0 Å². The van der Waals surface area contributed by atoms with Gasteiger partial charge in [-0.25, -0.2) is 0 Å². The Morgan fingerprint density at radius 2 is 2.09 bits per heavy atom. The molecule has 2 rings (SSSR count). The maximum Gasteiger partial charge on any atom is 0.220 e. The Kier molecular flexibility index (Phi) is 5.31. The Morgan fingerprint density at radius 3 is 2.68 bits per heavy atom. The van der Waals surface area contributed by atoms with Crippen molar-refractivity contribution >= 4 is 17.2 Å². The van der Waals surface area contributed by atoms with Gasteiger partial charge < -0.3 is 10.4 Å². The molecule has 0 aliphatic heterocycles. The third-order valence-corrected chi connectivity index (χ3v) is 4.18. The molecule has 0 saturated carbocycles. The van der Waals surface area contributed by atoms with E-state index in [9.17, 15) is 9.90 Å². The summed E-state index contributed by atoms with van der Waals surface area (Å²) in [6.45, 7) is 1.88. The van der Waals surface area contributed by atoms with E-state index < -0.39 is 5.60 Å². The molecule has 4 nitrogen and oxygen atoms in total. The Bertz CT molecular complexity index is 655. The minimum Gasteiger partial charge on any atom is -0.384 e. The topological polar surface area (TPSA) is 73.1 Å². The van der Waals surface area contributed by atoms with Gasteiger partial charge in [0.15, 0.2) is 0 Å². The number of carbonyl (C=O) groups is 1. The molecule has 5 heteroatoms. The summed E-state index contributed by atoms with van der Waals surface area (Å²) in [7, 11) is 0. The van der Waals surface area contributed by atoms with Crippen LogP contribution >= 0.6 is 11.3 Å². The zero-order chi connectivity index (χ0) is 16.0. The van der Waals surface area contributed by atoms with Gasteiger partial charge in [-0.05, 0) is 53.4 Å². The zero-order valence-corrected chi connectivity index (χ0v) is 13.2. The molecule has 0 aliphatic carbocycles. The fraction of sp³-hybridized carbons (Fsp3) is 0.294. The van der Waals surface area contributed by atoms with Crippen molar-refractivity contribution in [3.8, 4) is 6.07 Å². The van der Waals surface area contributed by atoms with Gasteiger partial charge in [0.05, 0.1) is 18.2 Å². The third kappa shape index (κ3) is 4.42. The standard InChI is InChI=1S/C17H18N2O2S/c1-17(21,15-8-9-22-11-15)12-19-16(20)7-6-13-2-4-14(10-18)5-3-13/h2-5,8-9,11,21H,6-7,12H2,1H3,(H,19,20). The van der Waals surface area contributed by atoms with Crippen LogP contribution in [0.2, 0.25) is 0 Å². The Labute approximate surface area is 134 Å². The van der Waals surface area contributed by atoms with Crippen LogP contribution in [0.1, 0.15) is 30.0 Å². The Hall–Kier alpha value is -2.16. The van der Waals surface area contributed by atoms with E-state index in [-0.39, 0.29) is 12.5 Å². The van der Waals surface area contributed by atoms with Gasteiger partial charge in [0, 0.05) is 6.42 Å².